The first-order valence-corrected chi connectivity index (χ1v) is 6.54. The summed E-state index contributed by atoms with van der Waals surface area (Å²) in [5.41, 5.74) is 7.40. The first-order valence-electron chi connectivity index (χ1n) is 5.35. The van der Waals surface area contributed by atoms with Crippen LogP contribution in [0.1, 0.15) is 28.5 Å². The fraction of sp³-hybridized carbons (Fsp3) is 0.250. The van der Waals surface area contributed by atoms with Gasteiger partial charge in [0.2, 0.25) is 0 Å². The summed E-state index contributed by atoms with van der Waals surface area (Å²) >= 11 is 7.22. The number of hydrogen-bond donors (Lipinski definition) is 1. The first-order chi connectivity index (χ1) is 8.15. The highest BCUT2D eigenvalue weighted by atomic mass is 35.5. The van der Waals surface area contributed by atoms with Crippen LogP contribution in [-0.4, -0.2) is 4.98 Å². The van der Waals surface area contributed by atoms with Crippen molar-refractivity contribution in [3.63, 3.8) is 0 Å². The molecule has 1 heterocycles. The maximum atomic E-state index is 13.9. The van der Waals surface area contributed by atoms with Crippen molar-refractivity contribution in [2.24, 2.45) is 0 Å². The zero-order chi connectivity index (χ0) is 12.0. The van der Waals surface area contributed by atoms with Gasteiger partial charge in [-0.15, -0.1) is 11.3 Å². The average molecular weight is 269 g/mol. The lowest BCUT2D eigenvalue weighted by atomic mass is 9.98. The molecule has 0 fully saturated rings. The molecule has 1 aromatic carbocycles. The number of rotatable bonds is 1. The lowest BCUT2D eigenvalue weighted by molar-refractivity contribution is 0.596. The second-order valence-electron chi connectivity index (χ2n) is 4.12. The van der Waals surface area contributed by atoms with Gasteiger partial charge in [-0.3, -0.25) is 0 Å². The maximum Gasteiger partial charge on any atom is 0.180 e. The molecule has 0 bridgehead atoms. The Morgan fingerprint density at radius 1 is 1.47 bits per heavy atom. The number of anilines is 1. The maximum absolute atomic E-state index is 13.9. The molecule has 1 unspecified atom stereocenters. The van der Waals surface area contributed by atoms with E-state index in [0.29, 0.717) is 15.7 Å². The molecule has 2 aromatic rings. The van der Waals surface area contributed by atoms with E-state index in [4.69, 9.17) is 17.3 Å². The number of nitrogen functional groups attached to an aromatic ring is 1. The molecule has 2 N–H and O–H groups in total. The van der Waals surface area contributed by atoms with Gasteiger partial charge in [-0.05, 0) is 30.5 Å². The van der Waals surface area contributed by atoms with Crippen LogP contribution in [0.2, 0.25) is 5.02 Å². The van der Waals surface area contributed by atoms with E-state index in [2.05, 4.69) is 4.98 Å². The van der Waals surface area contributed by atoms with Crippen molar-refractivity contribution < 1.29 is 4.39 Å². The van der Waals surface area contributed by atoms with Crippen LogP contribution in [0.3, 0.4) is 0 Å². The van der Waals surface area contributed by atoms with E-state index in [9.17, 15) is 4.39 Å². The van der Waals surface area contributed by atoms with E-state index < -0.39 is 0 Å². The van der Waals surface area contributed by atoms with Crippen molar-refractivity contribution in [3.05, 3.63) is 45.2 Å². The fourth-order valence-electron chi connectivity index (χ4n) is 2.33. The Balaban J connectivity index is 2.06. The Hall–Kier alpha value is -1.13. The number of aryl methyl sites for hydroxylation is 1. The van der Waals surface area contributed by atoms with Gasteiger partial charge in [-0.25, -0.2) is 9.37 Å². The van der Waals surface area contributed by atoms with Crippen LogP contribution in [0.4, 0.5) is 9.52 Å². The fourth-order valence-corrected chi connectivity index (χ4v) is 3.52. The van der Waals surface area contributed by atoms with Gasteiger partial charge in [0.05, 0.1) is 5.69 Å². The Kier molecular flexibility index (Phi) is 2.56. The lowest BCUT2D eigenvalue weighted by Crippen LogP contribution is -1.98. The minimum Gasteiger partial charge on any atom is -0.375 e. The van der Waals surface area contributed by atoms with E-state index in [-0.39, 0.29) is 11.7 Å². The molecule has 1 aliphatic rings. The zero-order valence-electron chi connectivity index (χ0n) is 8.91. The lowest BCUT2D eigenvalue weighted by Gasteiger charge is -2.11. The SMILES string of the molecule is Nc1nc2c(s1)C(c1ccc(Cl)cc1F)CC2. The van der Waals surface area contributed by atoms with Gasteiger partial charge in [0.25, 0.3) is 0 Å². The summed E-state index contributed by atoms with van der Waals surface area (Å²) in [7, 11) is 0. The zero-order valence-corrected chi connectivity index (χ0v) is 10.5. The number of hydrogen-bond acceptors (Lipinski definition) is 3. The topological polar surface area (TPSA) is 38.9 Å². The highest BCUT2D eigenvalue weighted by molar-refractivity contribution is 7.15. The molecular weight excluding hydrogens is 259 g/mol. The molecule has 0 saturated carbocycles. The predicted octanol–water partition coefficient (Wildman–Crippen LogP) is 3.60. The standard InChI is InChI=1S/C12H10ClFN2S/c13-6-1-2-7(9(14)5-6)8-3-4-10-11(8)17-12(15)16-10/h1-2,5,8H,3-4H2,(H2,15,16). The normalized spacial score (nSPS) is 18.4. The molecule has 3 rings (SSSR count). The van der Waals surface area contributed by atoms with E-state index in [1.807, 2.05) is 0 Å². The third-order valence-electron chi connectivity index (χ3n) is 3.07. The first kappa shape index (κ1) is 11.0. The molecule has 1 aliphatic carbocycles. The van der Waals surface area contributed by atoms with Gasteiger partial charge in [-0.1, -0.05) is 17.7 Å². The van der Waals surface area contributed by atoms with E-state index in [1.54, 1.807) is 12.1 Å². The molecule has 1 aromatic heterocycles. The Bertz CT molecular complexity index is 582. The van der Waals surface area contributed by atoms with Crippen LogP contribution in [-0.2, 0) is 6.42 Å². The Labute approximate surface area is 107 Å². The average Bonchev–Trinajstić information content (AvgIpc) is 2.78. The van der Waals surface area contributed by atoms with Crippen LogP contribution in [0.5, 0.6) is 0 Å². The molecule has 88 valence electrons. The number of thiazole rings is 1. The summed E-state index contributed by atoms with van der Waals surface area (Å²) in [6.45, 7) is 0. The van der Waals surface area contributed by atoms with Crippen LogP contribution >= 0.6 is 22.9 Å². The second-order valence-corrected chi connectivity index (χ2v) is 5.62. The Morgan fingerprint density at radius 2 is 2.29 bits per heavy atom. The highest BCUT2D eigenvalue weighted by Crippen LogP contribution is 2.43. The van der Waals surface area contributed by atoms with Crippen LogP contribution < -0.4 is 5.73 Å². The second kappa shape index (κ2) is 3.96. The molecule has 1 atom stereocenters. The molecule has 0 spiro atoms. The third kappa shape index (κ3) is 1.81. The summed E-state index contributed by atoms with van der Waals surface area (Å²) < 4.78 is 13.9. The summed E-state index contributed by atoms with van der Waals surface area (Å²) in [5, 5.41) is 0.988. The van der Waals surface area contributed by atoms with Crippen molar-refractivity contribution in [3.8, 4) is 0 Å². The number of fused-ring (bicyclic) bond motifs is 1. The number of aromatic nitrogens is 1. The molecule has 0 amide bonds. The van der Waals surface area contributed by atoms with Crippen LogP contribution in [0, 0.1) is 5.82 Å². The number of nitrogens with zero attached hydrogens (tertiary/aromatic N) is 1. The third-order valence-corrected chi connectivity index (χ3v) is 4.34. The van der Waals surface area contributed by atoms with Gasteiger partial charge >= 0.3 is 0 Å². The van der Waals surface area contributed by atoms with E-state index in [0.717, 1.165) is 23.4 Å². The van der Waals surface area contributed by atoms with Gasteiger partial charge in [0, 0.05) is 15.8 Å². The van der Waals surface area contributed by atoms with Gasteiger partial charge in [0.15, 0.2) is 5.13 Å². The summed E-state index contributed by atoms with van der Waals surface area (Å²) in [6, 6.07) is 4.84. The number of nitrogens with two attached hydrogens (primary N) is 1. The number of halogens is 2. The quantitative estimate of drug-likeness (QED) is 0.858. The molecule has 0 aliphatic heterocycles. The monoisotopic (exact) mass is 268 g/mol. The summed E-state index contributed by atoms with van der Waals surface area (Å²) in [5.74, 6) is -0.167. The molecule has 0 saturated heterocycles. The number of benzene rings is 1. The van der Waals surface area contributed by atoms with Crippen molar-refractivity contribution in [2.45, 2.75) is 18.8 Å². The van der Waals surface area contributed by atoms with Crippen molar-refractivity contribution in [1.82, 2.24) is 4.98 Å². The molecule has 2 nitrogen and oxygen atoms in total. The van der Waals surface area contributed by atoms with Crippen molar-refractivity contribution in [2.75, 3.05) is 5.73 Å². The Morgan fingerprint density at radius 3 is 3.06 bits per heavy atom. The van der Waals surface area contributed by atoms with Gasteiger partial charge < -0.3 is 5.73 Å². The van der Waals surface area contributed by atoms with E-state index in [1.165, 1.54) is 17.4 Å². The van der Waals surface area contributed by atoms with Crippen molar-refractivity contribution >= 4 is 28.1 Å². The smallest absolute Gasteiger partial charge is 0.180 e. The van der Waals surface area contributed by atoms with Crippen molar-refractivity contribution in [1.29, 1.82) is 0 Å². The molecular formula is C12H10ClFN2S. The summed E-state index contributed by atoms with van der Waals surface area (Å²) in [4.78, 5) is 5.36. The largest absolute Gasteiger partial charge is 0.375 e. The molecule has 5 heteroatoms. The van der Waals surface area contributed by atoms with Crippen LogP contribution in [0.25, 0.3) is 0 Å². The minimum absolute atomic E-state index is 0.0806. The van der Waals surface area contributed by atoms with E-state index >= 15 is 0 Å². The predicted molar refractivity (Wildman–Crippen MR) is 68.1 cm³/mol. The molecule has 17 heavy (non-hydrogen) atoms. The van der Waals surface area contributed by atoms with Gasteiger partial charge in [-0.2, -0.15) is 0 Å². The minimum atomic E-state index is -0.248. The molecule has 0 radical (unpaired) electrons. The summed E-state index contributed by atoms with van der Waals surface area (Å²) in [6.07, 6.45) is 1.77. The van der Waals surface area contributed by atoms with Gasteiger partial charge in [0.1, 0.15) is 5.82 Å². The highest BCUT2D eigenvalue weighted by Gasteiger charge is 2.29. The van der Waals surface area contributed by atoms with Crippen LogP contribution in [0.15, 0.2) is 18.2 Å².